The van der Waals surface area contributed by atoms with Gasteiger partial charge in [0, 0.05) is 6.04 Å². The van der Waals surface area contributed by atoms with E-state index in [1.165, 1.54) is 0 Å². The molecule has 21 heavy (non-hydrogen) atoms. The van der Waals surface area contributed by atoms with Crippen molar-refractivity contribution < 1.29 is 9.59 Å². The molecule has 0 aromatic rings. The summed E-state index contributed by atoms with van der Waals surface area (Å²) in [6.07, 6.45) is 3.30. The number of nitrogens with one attached hydrogen (secondary N) is 1. The van der Waals surface area contributed by atoms with Crippen molar-refractivity contribution in [3.8, 4) is 0 Å². The van der Waals surface area contributed by atoms with Crippen molar-refractivity contribution in [3.05, 3.63) is 0 Å². The molecule has 1 aliphatic carbocycles. The third kappa shape index (κ3) is 3.09. The van der Waals surface area contributed by atoms with Crippen molar-refractivity contribution in [2.45, 2.75) is 78.9 Å². The van der Waals surface area contributed by atoms with E-state index in [2.05, 4.69) is 19.2 Å². The second kappa shape index (κ2) is 5.62. The molecule has 0 spiro atoms. The molecule has 2 rings (SSSR count). The van der Waals surface area contributed by atoms with E-state index in [0.29, 0.717) is 5.92 Å². The molecular weight excluding hydrogens is 264 g/mol. The first kappa shape index (κ1) is 16.3. The van der Waals surface area contributed by atoms with E-state index in [1.807, 2.05) is 32.6 Å². The van der Waals surface area contributed by atoms with Crippen LogP contribution in [0.5, 0.6) is 0 Å². The number of piperazine rings is 1. The van der Waals surface area contributed by atoms with Gasteiger partial charge in [-0.3, -0.25) is 9.59 Å². The van der Waals surface area contributed by atoms with Crippen LogP contribution in [0.25, 0.3) is 0 Å². The van der Waals surface area contributed by atoms with Crippen molar-refractivity contribution in [2.24, 2.45) is 17.3 Å². The Morgan fingerprint density at radius 3 is 2.24 bits per heavy atom. The van der Waals surface area contributed by atoms with Crippen LogP contribution in [0.2, 0.25) is 0 Å². The summed E-state index contributed by atoms with van der Waals surface area (Å²) in [7, 11) is 0. The summed E-state index contributed by atoms with van der Waals surface area (Å²) >= 11 is 0. The largest absolute Gasteiger partial charge is 0.342 e. The molecule has 0 aromatic carbocycles. The lowest BCUT2D eigenvalue weighted by atomic mass is 9.77. The highest BCUT2D eigenvalue weighted by atomic mass is 16.2. The Bertz CT molecular complexity index is 427. The first-order valence-electron chi connectivity index (χ1n) is 8.25. The Kier molecular flexibility index (Phi) is 4.36. The molecule has 0 bridgehead atoms. The molecule has 4 heteroatoms. The molecule has 4 nitrogen and oxygen atoms in total. The number of amides is 2. The van der Waals surface area contributed by atoms with E-state index in [4.69, 9.17) is 0 Å². The molecule has 2 aliphatic rings. The number of carbonyl (C=O) groups excluding carboxylic acids is 2. The van der Waals surface area contributed by atoms with Crippen molar-refractivity contribution >= 4 is 11.8 Å². The van der Waals surface area contributed by atoms with E-state index in [0.717, 1.165) is 25.2 Å². The molecule has 1 aliphatic heterocycles. The lowest BCUT2D eigenvalue weighted by Gasteiger charge is -2.49. The first-order chi connectivity index (χ1) is 9.62. The SMILES string of the molecule is CC1CCC(N2C(=O)C(C(C)(C)C)NC(=O)C2C)C(C)C1. The molecule has 0 radical (unpaired) electrons. The van der Waals surface area contributed by atoms with E-state index in [-0.39, 0.29) is 29.3 Å². The maximum atomic E-state index is 13.0. The van der Waals surface area contributed by atoms with Gasteiger partial charge in [0.05, 0.1) is 0 Å². The Hall–Kier alpha value is -1.06. The van der Waals surface area contributed by atoms with Gasteiger partial charge in [0.2, 0.25) is 11.8 Å². The quantitative estimate of drug-likeness (QED) is 0.808. The predicted molar refractivity (Wildman–Crippen MR) is 83.7 cm³/mol. The third-order valence-corrected chi connectivity index (χ3v) is 5.19. The van der Waals surface area contributed by atoms with Crippen LogP contribution in [-0.2, 0) is 9.59 Å². The maximum absolute atomic E-state index is 13.0. The number of hydrogen-bond acceptors (Lipinski definition) is 2. The predicted octanol–water partition coefficient (Wildman–Crippen LogP) is 2.57. The number of rotatable bonds is 1. The number of nitrogens with zero attached hydrogens (tertiary/aromatic N) is 1. The van der Waals surface area contributed by atoms with Gasteiger partial charge in [0.1, 0.15) is 12.1 Å². The zero-order valence-corrected chi connectivity index (χ0v) is 14.3. The van der Waals surface area contributed by atoms with Gasteiger partial charge in [-0.15, -0.1) is 0 Å². The van der Waals surface area contributed by atoms with Crippen LogP contribution in [0.15, 0.2) is 0 Å². The monoisotopic (exact) mass is 294 g/mol. The standard InChI is InChI=1S/C17H30N2O2/c1-10-7-8-13(11(2)9-10)19-12(3)15(20)18-14(16(19)21)17(4,5)6/h10-14H,7-9H2,1-6H3,(H,18,20). The molecule has 1 saturated carbocycles. The molecule has 2 fully saturated rings. The average Bonchev–Trinajstić information content (AvgIpc) is 2.35. The highest BCUT2D eigenvalue weighted by molar-refractivity contribution is 5.97. The summed E-state index contributed by atoms with van der Waals surface area (Å²) in [6, 6.07) is -0.552. The summed E-state index contributed by atoms with van der Waals surface area (Å²) in [5.41, 5.74) is -0.254. The Balaban J connectivity index is 2.27. The second-order valence-electron chi connectivity index (χ2n) is 8.19. The zero-order valence-electron chi connectivity index (χ0n) is 14.3. The van der Waals surface area contributed by atoms with Crippen LogP contribution in [-0.4, -0.2) is 34.8 Å². The minimum atomic E-state index is -0.409. The maximum Gasteiger partial charge on any atom is 0.246 e. The van der Waals surface area contributed by atoms with E-state index >= 15 is 0 Å². The van der Waals surface area contributed by atoms with Crippen molar-refractivity contribution in [1.82, 2.24) is 10.2 Å². The number of hydrogen-bond donors (Lipinski definition) is 1. The van der Waals surface area contributed by atoms with Gasteiger partial charge in [0.25, 0.3) is 0 Å². The Morgan fingerprint density at radius 2 is 1.71 bits per heavy atom. The van der Waals surface area contributed by atoms with Crippen LogP contribution in [0.3, 0.4) is 0 Å². The fourth-order valence-electron chi connectivity index (χ4n) is 3.89. The van der Waals surface area contributed by atoms with E-state index < -0.39 is 6.04 Å². The summed E-state index contributed by atoms with van der Waals surface area (Å²) in [5, 5.41) is 2.92. The molecule has 5 atom stereocenters. The fraction of sp³-hybridized carbons (Fsp3) is 0.882. The highest BCUT2D eigenvalue weighted by Gasteiger charge is 2.47. The van der Waals surface area contributed by atoms with Gasteiger partial charge in [0.15, 0.2) is 0 Å². The zero-order chi connectivity index (χ0) is 15.9. The fourth-order valence-corrected chi connectivity index (χ4v) is 3.89. The molecule has 1 N–H and O–H groups in total. The van der Waals surface area contributed by atoms with Crippen LogP contribution >= 0.6 is 0 Å². The summed E-state index contributed by atoms with van der Waals surface area (Å²) < 4.78 is 0. The van der Waals surface area contributed by atoms with Gasteiger partial charge in [-0.25, -0.2) is 0 Å². The molecule has 120 valence electrons. The molecule has 1 saturated heterocycles. The van der Waals surface area contributed by atoms with Crippen molar-refractivity contribution in [1.29, 1.82) is 0 Å². The average molecular weight is 294 g/mol. The third-order valence-electron chi connectivity index (χ3n) is 5.19. The molecule has 5 unspecified atom stereocenters. The molecule has 0 aromatic heterocycles. The van der Waals surface area contributed by atoms with Crippen molar-refractivity contribution in [3.63, 3.8) is 0 Å². The normalized spacial score (nSPS) is 38.4. The Morgan fingerprint density at radius 1 is 1.10 bits per heavy atom. The minimum absolute atomic E-state index is 0.0136. The van der Waals surface area contributed by atoms with Gasteiger partial charge >= 0.3 is 0 Å². The highest BCUT2D eigenvalue weighted by Crippen LogP contribution is 2.35. The molecule has 2 amide bonds. The lowest BCUT2D eigenvalue weighted by molar-refractivity contribution is -0.157. The molecular formula is C17H30N2O2. The van der Waals surface area contributed by atoms with Crippen LogP contribution in [0.1, 0.15) is 60.8 Å². The van der Waals surface area contributed by atoms with E-state index in [9.17, 15) is 9.59 Å². The van der Waals surface area contributed by atoms with Crippen molar-refractivity contribution in [2.75, 3.05) is 0 Å². The van der Waals surface area contributed by atoms with Gasteiger partial charge in [-0.2, -0.15) is 0 Å². The smallest absolute Gasteiger partial charge is 0.246 e. The van der Waals surface area contributed by atoms with Crippen LogP contribution < -0.4 is 5.32 Å². The van der Waals surface area contributed by atoms with E-state index in [1.54, 1.807) is 0 Å². The summed E-state index contributed by atoms with van der Waals surface area (Å²) in [5.74, 6) is 1.27. The second-order valence-corrected chi connectivity index (χ2v) is 8.19. The Labute approximate surface area is 128 Å². The van der Waals surface area contributed by atoms with Gasteiger partial charge in [-0.1, -0.05) is 34.6 Å². The topological polar surface area (TPSA) is 49.4 Å². The summed E-state index contributed by atoms with van der Waals surface area (Å²) in [6.45, 7) is 12.4. The van der Waals surface area contributed by atoms with Gasteiger partial charge < -0.3 is 10.2 Å². The first-order valence-corrected chi connectivity index (χ1v) is 8.25. The van der Waals surface area contributed by atoms with Crippen LogP contribution in [0.4, 0.5) is 0 Å². The van der Waals surface area contributed by atoms with Gasteiger partial charge in [-0.05, 0) is 43.4 Å². The number of carbonyl (C=O) groups is 2. The molecule has 1 heterocycles. The lowest BCUT2D eigenvalue weighted by Crippen LogP contribution is -2.68. The van der Waals surface area contributed by atoms with Crippen LogP contribution in [0, 0.1) is 17.3 Å². The summed E-state index contributed by atoms with van der Waals surface area (Å²) in [4.78, 5) is 27.2. The minimum Gasteiger partial charge on any atom is -0.342 e.